The van der Waals surface area contributed by atoms with Gasteiger partial charge in [0.05, 0.1) is 19.0 Å². The van der Waals surface area contributed by atoms with Gasteiger partial charge in [0.1, 0.15) is 6.29 Å². The summed E-state index contributed by atoms with van der Waals surface area (Å²) < 4.78 is 0. The Kier molecular flexibility index (Phi) is 4.22. The SMILES string of the molecule is N#CCCN(CC=O)c1ccccc1. The molecule has 3 nitrogen and oxygen atoms in total. The first-order chi connectivity index (χ1) is 6.88. The lowest BCUT2D eigenvalue weighted by Gasteiger charge is -2.20. The van der Waals surface area contributed by atoms with Gasteiger partial charge in [0.15, 0.2) is 0 Å². The molecule has 0 aliphatic heterocycles. The second kappa shape index (κ2) is 5.76. The zero-order chi connectivity index (χ0) is 10.2. The average Bonchev–Trinajstić information content (AvgIpc) is 2.25. The van der Waals surface area contributed by atoms with Crippen LogP contribution in [0.5, 0.6) is 0 Å². The molecule has 0 radical (unpaired) electrons. The van der Waals surface area contributed by atoms with Crippen LogP contribution in [0.3, 0.4) is 0 Å². The molecule has 0 fully saturated rings. The lowest BCUT2D eigenvalue weighted by molar-refractivity contribution is -0.106. The molecule has 0 aromatic heterocycles. The lowest BCUT2D eigenvalue weighted by Crippen LogP contribution is -2.26. The van der Waals surface area contributed by atoms with Crippen molar-refractivity contribution < 1.29 is 4.79 Å². The molecule has 1 aromatic carbocycles. The van der Waals surface area contributed by atoms with E-state index in [9.17, 15) is 4.79 Å². The van der Waals surface area contributed by atoms with E-state index in [0.29, 0.717) is 19.5 Å². The number of aldehydes is 1. The second-order valence-corrected chi connectivity index (χ2v) is 2.86. The summed E-state index contributed by atoms with van der Waals surface area (Å²) in [5.41, 5.74) is 0.981. The number of carbonyl (C=O) groups is 1. The average molecular weight is 188 g/mol. The first-order valence-electron chi connectivity index (χ1n) is 4.49. The molecule has 0 amide bonds. The van der Waals surface area contributed by atoms with E-state index in [1.54, 1.807) is 0 Å². The number of benzene rings is 1. The molecule has 0 bridgehead atoms. The van der Waals surface area contributed by atoms with E-state index >= 15 is 0 Å². The summed E-state index contributed by atoms with van der Waals surface area (Å²) in [6.45, 7) is 0.935. The summed E-state index contributed by atoms with van der Waals surface area (Å²) in [7, 11) is 0. The molecule has 1 rings (SSSR count). The Bertz CT molecular complexity index is 316. The molecule has 0 spiro atoms. The van der Waals surface area contributed by atoms with Gasteiger partial charge in [-0.1, -0.05) is 18.2 Å². The number of nitrogens with zero attached hydrogens (tertiary/aromatic N) is 2. The van der Waals surface area contributed by atoms with Gasteiger partial charge in [-0.05, 0) is 12.1 Å². The number of para-hydroxylation sites is 1. The van der Waals surface area contributed by atoms with E-state index in [0.717, 1.165) is 12.0 Å². The fraction of sp³-hybridized carbons (Fsp3) is 0.273. The van der Waals surface area contributed by atoms with Crippen molar-refractivity contribution in [3.8, 4) is 6.07 Å². The predicted octanol–water partition coefficient (Wildman–Crippen LogP) is 1.61. The van der Waals surface area contributed by atoms with E-state index in [1.165, 1.54) is 0 Å². The second-order valence-electron chi connectivity index (χ2n) is 2.86. The third-order valence-corrected chi connectivity index (χ3v) is 1.91. The zero-order valence-corrected chi connectivity index (χ0v) is 7.89. The van der Waals surface area contributed by atoms with E-state index < -0.39 is 0 Å². The van der Waals surface area contributed by atoms with Crippen LogP contribution in [-0.2, 0) is 4.79 Å². The molecular formula is C11H12N2O. The molecule has 72 valence electrons. The summed E-state index contributed by atoms with van der Waals surface area (Å²) in [4.78, 5) is 12.3. The normalized spacial score (nSPS) is 9.07. The molecule has 0 unspecified atom stereocenters. The molecule has 0 heterocycles. The largest absolute Gasteiger partial charge is 0.363 e. The van der Waals surface area contributed by atoms with Gasteiger partial charge in [-0.25, -0.2) is 0 Å². The highest BCUT2D eigenvalue weighted by atomic mass is 16.1. The van der Waals surface area contributed by atoms with Crippen LogP contribution in [-0.4, -0.2) is 19.4 Å². The van der Waals surface area contributed by atoms with Crippen molar-refractivity contribution in [1.82, 2.24) is 0 Å². The molecule has 3 heteroatoms. The molecule has 0 atom stereocenters. The van der Waals surface area contributed by atoms with Crippen molar-refractivity contribution in [2.24, 2.45) is 0 Å². The number of nitriles is 1. The predicted molar refractivity (Wildman–Crippen MR) is 54.9 cm³/mol. The molecule has 0 aliphatic rings. The van der Waals surface area contributed by atoms with Crippen molar-refractivity contribution in [3.63, 3.8) is 0 Å². The van der Waals surface area contributed by atoms with Crippen molar-refractivity contribution >= 4 is 12.0 Å². The van der Waals surface area contributed by atoms with Crippen LogP contribution in [0.1, 0.15) is 6.42 Å². The van der Waals surface area contributed by atoms with E-state index in [1.807, 2.05) is 35.2 Å². The number of carbonyl (C=O) groups excluding carboxylic acids is 1. The Morgan fingerprint density at radius 2 is 2.07 bits per heavy atom. The highest BCUT2D eigenvalue weighted by Gasteiger charge is 2.03. The molecule has 0 N–H and O–H groups in total. The maximum absolute atomic E-state index is 10.4. The Balaban J connectivity index is 2.68. The first-order valence-corrected chi connectivity index (χ1v) is 4.49. The van der Waals surface area contributed by atoms with E-state index in [-0.39, 0.29) is 0 Å². The van der Waals surface area contributed by atoms with Crippen LogP contribution < -0.4 is 4.90 Å². The van der Waals surface area contributed by atoms with Crippen molar-refractivity contribution in [2.75, 3.05) is 18.0 Å². The maximum atomic E-state index is 10.4. The van der Waals surface area contributed by atoms with Gasteiger partial charge in [-0.15, -0.1) is 0 Å². The van der Waals surface area contributed by atoms with E-state index in [4.69, 9.17) is 5.26 Å². The number of hydrogen-bond donors (Lipinski definition) is 0. The quantitative estimate of drug-likeness (QED) is 0.659. The Morgan fingerprint density at radius 3 is 2.64 bits per heavy atom. The lowest BCUT2D eigenvalue weighted by atomic mass is 10.2. The summed E-state index contributed by atoms with van der Waals surface area (Å²) in [5, 5.41) is 8.47. The molecule has 0 saturated carbocycles. The van der Waals surface area contributed by atoms with Crippen molar-refractivity contribution in [1.29, 1.82) is 5.26 Å². The minimum Gasteiger partial charge on any atom is -0.363 e. The number of rotatable bonds is 5. The topological polar surface area (TPSA) is 44.1 Å². The van der Waals surface area contributed by atoms with Crippen LogP contribution >= 0.6 is 0 Å². The fourth-order valence-electron chi connectivity index (χ4n) is 1.24. The van der Waals surface area contributed by atoms with Gasteiger partial charge in [-0.2, -0.15) is 5.26 Å². The van der Waals surface area contributed by atoms with Crippen LogP contribution in [0.15, 0.2) is 30.3 Å². The number of anilines is 1. The monoisotopic (exact) mass is 188 g/mol. The summed E-state index contributed by atoms with van der Waals surface area (Å²) in [6.07, 6.45) is 1.28. The van der Waals surface area contributed by atoms with Gasteiger partial charge < -0.3 is 9.69 Å². The Hall–Kier alpha value is -1.82. The summed E-state index contributed by atoms with van der Waals surface area (Å²) >= 11 is 0. The molecular weight excluding hydrogens is 176 g/mol. The van der Waals surface area contributed by atoms with Gasteiger partial charge in [0, 0.05) is 12.2 Å². The third-order valence-electron chi connectivity index (χ3n) is 1.91. The summed E-state index contributed by atoms with van der Waals surface area (Å²) in [5.74, 6) is 0. The van der Waals surface area contributed by atoms with Crippen LogP contribution in [0.2, 0.25) is 0 Å². The molecule has 0 saturated heterocycles. The molecule has 1 aromatic rings. The standard InChI is InChI=1S/C11H12N2O/c12-7-4-8-13(9-10-14)11-5-2-1-3-6-11/h1-3,5-6,10H,4,8-9H2. The minimum atomic E-state index is 0.339. The van der Waals surface area contributed by atoms with Gasteiger partial charge in [-0.3, -0.25) is 0 Å². The molecule has 0 aliphatic carbocycles. The Labute approximate surface area is 83.6 Å². The van der Waals surface area contributed by atoms with Gasteiger partial charge >= 0.3 is 0 Å². The fourth-order valence-corrected chi connectivity index (χ4v) is 1.24. The van der Waals surface area contributed by atoms with Crippen molar-refractivity contribution in [3.05, 3.63) is 30.3 Å². The van der Waals surface area contributed by atoms with Gasteiger partial charge in [0.25, 0.3) is 0 Å². The van der Waals surface area contributed by atoms with Gasteiger partial charge in [0.2, 0.25) is 0 Å². The molecule has 14 heavy (non-hydrogen) atoms. The maximum Gasteiger partial charge on any atom is 0.139 e. The highest BCUT2D eigenvalue weighted by molar-refractivity contribution is 5.61. The van der Waals surface area contributed by atoms with E-state index in [2.05, 4.69) is 6.07 Å². The highest BCUT2D eigenvalue weighted by Crippen LogP contribution is 2.12. The Morgan fingerprint density at radius 1 is 1.36 bits per heavy atom. The number of hydrogen-bond acceptors (Lipinski definition) is 3. The smallest absolute Gasteiger partial charge is 0.139 e. The first kappa shape index (κ1) is 10.3. The minimum absolute atomic E-state index is 0.339. The van der Waals surface area contributed by atoms with Crippen LogP contribution in [0, 0.1) is 11.3 Å². The zero-order valence-electron chi connectivity index (χ0n) is 7.89. The summed E-state index contributed by atoms with van der Waals surface area (Å²) in [6, 6.07) is 11.7. The van der Waals surface area contributed by atoms with Crippen molar-refractivity contribution in [2.45, 2.75) is 6.42 Å². The third kappa shape index (κ3) is 2.91. The van der Waals surface area contributed by atoms with Crippen LogP contribution in [0.4, 0.5) is 5.69 Å². The van der Waals surface area contributed by atoms with Crippen LogP contribution in [0.25, 0.3) is 0 Å².